The summed E-state index contributed by atoms with van der Waals surface area (Å²) >= 11 is 0. The van der Waals surface area contributed by atoms with Crippen LogP contribution in [0.1, 0.15) is 17.2 Å². The molecule has 1 aromatic carbocycles. The second-order valence-corrected chi connectivity index (χ2v) is 7.10. The van der Waals surface area contributed by atoms with E-state index < -0.39 is 22.2 Å². The van der Waals surface area contributed by atoms with Crippen molar-refractivity contribution in [1.29, 1.82) is 0 Å². The highest BCUT2D eigenvalue weighted by molar-refractivity contribution is 7.89. The fourth-order valence-electron chi connectivity index (χ4n) is 2.70. The van der Waals surface area contributed by atoms with Crippen LogP contribution in [0.25, 0.3) is 0 Å². The second-order valence-electron chi connectivity index (χ2n) is 5.14. The molecule has 0 spiro atoms. The molecule has 0 radical (unpaired) electrons. The smallest absolute Gasteiger partial charge is 0.243 e. The van der Waals surface area contributed by atoms with Crippen LogP contribution in [0.4, 0.5) is 0 Å². The van der Waals surface area contributed by atoms with Crippen LogP contribution in [-0.2, 0) is 16.4 Å². The molecular weight excluding hydrogens is 288 g/mol. The molecule has 2 atom stereocenters. The molecule has 1 N–H and O–H groups in total. The summed E-state index contributed by atoms with van der Waals surface area (Å²) in [5.74, 6) is 0. The van der Waals surface area contributed by atoms with E-state index >= 15 is 0 Å². The Balaban J connectivity index is 2.04. The van der Waals surface area contributed by atoms with Gasteiger partial charge in [0.25, 0.3) is 0 Å². The lowest BCUT2D eigenvalue weighted by Gasteiger charge is -2.37. The van der Waals surface area contributed by atoms with Crippen LogP contribution in [0.2, 0.25) is 0 Å². The van der Waals surface area contributed by atoms with Crippen LogP contribution >= 0.6 is 0 Å². The first kappa shape index (κ1) is 14.2. The van der Waals surface area contributed by atoms with Crippen LogP contribution in [-0.4, -0.2) is 35.9 Å². The lowest BCUT2D eigenvalue weighted by molar-refractivity contribution is 0.0891. The maximum atomic E-state index is 12.5. The minimum Gasteiger partial charge on any atom is -0.387 e. The van der Waals surface area contributed by atoms with Gasteiger partial charge in [0.2, 0.25) is 10.0 Å². The van der Waals surface area contributed by atoms with E-state index in [0.717, 1.165) is 5.56 Å². The lowest BCUT2D eigenvalue weighted by Crippen LogP contribution is -2.46. The third kappa shape index (κ3) is 2.35. The first-order valence-corrected chi connectivity index (χ1v) is 8.10. The van der Waals surface area contributed by atoms with Crippen molar-refractivity contribution in [3.63, 3.8) is 0 Å². The fraction of sp³-hybridized carbons (Fsp3) is 0.267. The number of aliphatic hydroxyl groups excluding tert-OH is 1. The van der Waals surface area contributed by atoms with Gasteiger partial charge in [0.15, 0.2) is 0 Å². The number of aliphatic hydroxyl groups is 1. The van der Waals surface area contributed by atoms with Gasteiger partial charge in [-0.15, -0.1) is 0 Å². The number of benzene rings is 1. The summed E-state index contributed by atoms with van der Waals surface area (Å²) in [6, 6.07) is 9.75. The fourth-order valence-corrected chi connectivity index (χ4v) is 4.29. The minimum absolute atomic E-state index is 0.183. The lowest BCUT2D eigenvalue weighted by atomic mass is 9.96. The summed E-state index contributed by atoms with van der Waals surface area (Å²) in [5.41, 5.74) is 1.35. The molecule has 0 aliphatic carbocycles. The van der Waals surface area contributed by atoms with Gasteiger partial charge < -0.3 is 5.11 Å². The third-order valence-corrected chi connectivity index (χ3v) is 5.85. The maximum Gasteiger partial charge on any atom is 0.243 e. The van der Waals surface area contributed by atoms with Gasteiger partial charge in [0.05, 0.1) is 17.0 Å². The molecule has 0 saturated heterocycles. The molecule has 1 aromatic heterocycles. The number of sulfonamides is 1. The molecule has 5 nitrogen and oxygen atoms in total. The van der Waals surface area contributed by atoms with Gasteiger partial charge in [0, 0.05) is 25.0 Å². The number of nitrogens with zero attached hydrogens (tertiary/aromatic N) is 2. The largest absolute Gasteiger partial charge is 0.387 e. The molecule has 0 bridgehead atoms. The van der Waals surface area contributed by atoms with E-state index in [2.05, 4.69) is 4.98 Å². The molecule has 21 heavy (non-hydrogen) atoms. The van der Waals surface area contributed by atoms with Crippen molar-refractivity contribution in [3.05, 3.63) is 59.9 Å². The first-order chi connectivity index (χ1) is 10.0. The van der Waals surface area contributed by atoms with Crippen molar-refractivity contribution in [2.75, 3.05) is 7.05 Å². The summed E-state index contributed by atoms with van der Waals surface area (Å²) in [6.07, 6.45) is 2.92. The van der Waals surface area contributed by atoms with E-state index in [1.165, 1.54) is 17.4 Å². The van der Waals surface area contributed by atoms with Crippen molar-refractivity contribution in [1.82, 2.24) is 9.29 Å². The molecule has 0 fully saturated rings. The Labute approximate surface area is 123 Å². The predicted octanol–water partition coefficient (Wildman–Crippen LogP) is 1.36. The molecule has 0 saturated carbocycles. The molecule has 2 aromatic rings. The van der Waals surface area contributed by atoms with Gasteiger partial charge >= 0.3 is 0 Å². The summed E-state index contributed by atoms with van der Waals surface area (Å²) in [4.78, 5) is 4.21. The van der Waals surface area contributed by atoms with E-state index in [0.29, 0.717) is 12.0 Å². The van der Waals surface area contributed by atoms with Crippen LogP contribution in [0.15, 0.2) is 53.7 Å². The van der Waals surface area contributed by atoms with Gasteiger partial charge in [0.1, 0.15) is 0 Å². The minimum atomic E-state index is -3.57. The van der Waals surface area contributed by atoms with Crippen LogP contribution in [0.5, 0.6) is 0 Å². The molecule has 6 heteroatoms. The summed E-state index contributed by atoms with van der Waals surface area (Å²) in [7, 11) is -2.06. The number of hydrogen-bond donors (Lipinski definition) is 1. The predicted molar refractivity (Wildman–Crippen MR) is 78.1 cm³/mol. The summed E-state index contributed by atoms with van der Waals surface area (Å²) in [6.45, 7) is 0. The molecule has 1 aliphatic rings. The molecule has 0 amide bonds. The molecule has 1 aliphatic heterocycles. The van der Waals surface area contributed by atoms with Crippen molar-refractivity contribution in [3.8, 4) is 0 Å². The Morgan fingerprint density at radius 1 is 1.24 bits per heavy atom. The standard InChI is InChI=1S/C15H16N2O3S/c1-17-13(9-11-5-4-8-16-10-11)15(18)12-6-2-3-7-14(12)21(17,19)20/h2-8,10,13,15,18H,9H2,1H3/t13-,15-/m0/s1. The molecular formula is C15H16N2O3S. The van der Waals surface area contributed by atoms with Crippen molar-refractivity contribution >= 4 is 10.0 Å². The zero-order valence-electron chi connectivity index (χ0n) is 11.5. The van der Waals surface area contributed by atoms with Crippen molar-refractivity contribution in [2.24, 2.45) is 0 Å². The highest BCUT2D eigenvalue weighted by Crippen LogP contribution is 2.36. The monoisotopic (exact) mass is 304 g/mol. The van der Waals surface area contributed by atoms with Gasteiger partial charge in [-0.05, 0) is 24.1 Å². The van der Waals surface area contributed by atoms with Crippen molar-refractivity contribution in [2.45, 2.75) is 23.5 Å². The highest BCUT2D eigenvalue weighted by atomic mass is 32.2. The van der Waals surface area contributed by atoms with Gasteiger partial charge in [-0.3, -0.25) is 4.98 Å². The molecule has 110 valence electrons. The van der Waals surface area contributed by atoms with E-state index in [-0.39, 0.29) is 4.90 Å². The Kier molecular flexibility index (Phi) is 3.52. The second kappa shape index (κ2) is 5.22. The molecule has 3 rings (SSSR count). The van der Waals surface area contributed by atoms with E-state index in [1.807, 2.05) is 6.07 Å². The Morgan fingerprint density at radius 3 is 2.71 bits per heavy atom. The summed E-state index contributed by atoms with van der Waals surface area (Å²) in [5, 5.41) is 10.6. The van der Waals surface area contributed by atoms with E-state index in [4.69, 9.17) is 0 Å². The maximum absolute atomic E-state index is 12.5. The number of aromatic nitrogens is 1. The summed E-state index contributed by atoms with van der Waals surface area (Å²) < 4.78 is 26.4. The molecule has 2 heterocycles. The number of hydrogen-bond acceptors (Lipinski definition) is 4. The topological polar surface area (TPSA) is 70.5 Å². The van der Waals surface area contributed by atoms with Crippen LogP contribution in [0, 0.1) is 0 Å². The number of rotatable bonds is 2. The number of likely N-dealkylation sites (N-methyl/N-ethyl adjacent to an activating group) is 1. The zero-order valence-corrected chi connectivity index (χ0v) is 12.4. The van der Waals surface area contributed by atoms with Gasteiger partial charge in [-0.25, -0.2) is 8.42 Å². The Morgan fingerprint density at radius 2 is 2.00 bits per heavy atom. The van der Waals surface area contributed by atoms with Gasteiger partial charge in [-0.1, -0.05) is 24.3 Å². The van der Waals surface area contributed by atoms with Gasteiger partial charge in [-0.2, -0.15) is 4.31 Å². The third-order valence-electron chi connectivity index (χ3n) is 3.89. The Hall–Kier alpha value is -1.76. The average Bonchev–Trinajstić information content (AvgIpc) is 2.51. The van der Waals surface area contributed by atoms with Crippen LogP contribution in [0.3, 0.4) is 0 Å². The SMILES string of the molecule is CN1[C@@H](Cc2cccnc2)[C@@H](O)c2ccccc2S1(=O)=O. The number of fused-ring (bicyclic) bond motifs is 1. The normalized spacial score (nSPS) is 24.5. The van der Waals surface area contributed by atoms with Crippen LogP contribution < -0.4 is 0 Å². The quantitative estimate of drug-likeness (QED) is 0.909. The number of pyridine rings is 1. The molecule has 0 unspecified atom stereocenters. The highest BCUT2D eigenvalue weighted by Gasteiger charge is 2.41. The zero-order chi connectivity index (χ0) is 15.0. The first-order valence-electron chi connectivity index (χ1n) is 6.66. The van der Waals surface area contributed by atoms with E-state index in [1.54, 1.807) is 36.7 Å². The average molecular weight is 304 g/mol. The van der Waals surface area contributed by atoms with E-state index in [9.17, 15) is 13.5 Å². The Bertz CT molecular complexity index is 747. The van der Waals surface area contributed by atoms with Crippen molar-refractivity contribution < 1.29 is 13.5 Å².